The van der Waals surface area contributed by atoms with Gasteiger partial charge in [-0.05, 0) is 25.0 Å². The molecular formula is C15H20N2O2. The van der Waals surface area contributed by atoms with Crippen molar-refractivity contribution in [2.75, 3.05) is 20.7 Å². The van der Waals surface area contributed by atoms with E-state index in [2.05, 4.69) is 11.2 Å². The molecule has 0 fully saturated rings. The minimum atomic E-state index is -0.166. The van der Waals surface area contributed by atoms with Crippen LogP contribution < -0.4 is 10.1 Å². The highest BCUT2D eigenvalue weighted by atomic mass is 16.5. The van der Waals surface area contributed by atoms with Gasteiger partial charge in [0, 0.05) is 13.1 Å². The fraction of sp³-hybridized carbons (Fsp3) is 0.400. The quantitative estimate of drug-likeness (QED) is 0.822. The van der Waals surface area contributed by atoms with Gasteiger partial charge in [-0.2, -0.15) is 0 Å². The van der Waals surface area contributed by atoms with E-state index in [0.29, 0.717) is 0 Å². The van der Waals surface area contributed by atoms with Gasteiger partial charge in [-0.25, -0.2) is 4.79 Å². The number of hydrogen-bond acceptors (Lipinski definition) is 2. The first-order valence-corrected chi connectivity index (χ1v) is 6.16. The summed E-state index contributed by atoms with van der Waals surface area (Å²) in [5.41, 5.74) is 1.08. The van der Waals surface area contributed by atoms with Gasteiger partial charge in [0.05, 0.1) is 13.7 Å². The van der Waals surface area contributed by atoms with Crippen molar-refractivity contribution in [3.05, 3.63) is 29.8 Å². The Hall–Kier alpha value is -2.15. The fourth-order valence-corrected chi connectivity index (χ4v) is 1.78. The molecule has 0 aliphatic rings. The Balaban J connectivity index is 2.66. The summed E-state index contributed by atoms with van der Waals surface area (Å²) in [7, 11) is 3.40. The number of urea groups is 1. The summed E-state index contributed by atoms with van der Waals surface area (Å²) >= 11 is 0. The highest BCUT2D eigenvalue weighted by molar-refractivity contribution is 5.74. The molecule has 19 heavy (non-hydrogen) atoms. The Bertz CT molecular complexity index is 465. The Morgan fingerprint density at radius 3 is 2.84 bits per heavy atom. The molecule has 102 valence electrons. The van der Waals surface area contributed by atoms with Crippen LogP contribution in [0.25, 0.3) is 0 Å². The molecule has 2 amide bonds. The van der Waals surface area contributed by atoms with Crippen LogP contribution in [0.15, 0.2) is 24.3 Å². The molecule has 1 rings (SSSR count). The van der Waals surface area contributed by atoms with Crippen molar-refractivity contribution in [1.29, 1.82) is 0 Å². The second-order valence-electron chi connectivity index (χ2n) is 4.34. The molecule has 0 spiro atoms. The molecule has 0 radical (unpaired) electrons. The van der Waals surface area contributed by atoms with Gasteiger partial charge >= 0.3 is 6.03 Å². The van der Waals surface area contributed by atoms with Crippen molar-refractivity contribution in [3.8, 4) is 18.1 Å². The fourth-order valence-electron chi connectivity index (χ4n) is 1.78. The van der Waals surface area contributed by atoms with E-state index in [1.54, 1.807) is 19.1 Å². The number of rotatable bonds is 5. The maximum atomic E-state index is 11.8. The molecule has 0 bridgehead atoms. The van der Waals surface area contributed by atoms with Crippen LogP contribution in [0.1, 0.15) is 12.5 Å². The third-order valence-electron chi connectivity index (χ3n) is 3.03. The highest BCUT2D eigenvalue weighted by Gasteiger charge is 2.16. The van der Waals surface area contributed by atoms with E-state index in [1.165, 1.54) is 0 Å². The summed E-state index contributed by atoms with van der Waals surface area (Å²) in [6.45, 7) is 2.23. The summed E-state index contributed by atoms with van der Waals surface area (Å²) in [5, 5.41) is 2.65. The van der Waals surface area contributed by atoms with Crippen LogP contribution in [0.2, 0.25) is 0 Å². The smallest absolute Gasteiger partial charge is 0.318 e. The molecule has 0 aromatic heterocycles. The number of nitrogens with one attached hydrogen (secondary N) is 1. The molecule has 1 N–H and O–H groups in total. The van der Waals surface area contributed by atoms with Gasteiger partial charge in [0.2, 0.25) is 0 Å². The number of methoxy groups -OCH3 is 1. The van der Waals surface area contributed by atoms with Crippen molar-refractivity contribution in [1.82, 2.24) is 10.2 Å². The van der Waals surface area contributed by atoms with Crippen LogP contribution in [0.3, 0.4) is 0 Å². The Labute approximate surface area is 114 Å². The number of ether oxygens (including phenoxy) is 1. The van der Waals surface area contributed by atoms with Crippen LogP contribution in [-0.2, 0) is 6.42 Å². The van der Waals surface area contributed by atoms with Gasteiger partial charge < -0.3 is 15.0 Å². The zero-order valence-electron chi connectivity index (χ0n) is 11.6. The van der Waals surface area contributed by atoms with Crippen LogP contribution in [-0.4, -0.2) is 37.7 Å². The standard InChI is InChI=1S/C15H20N2O2/c1-5-10-16-15(18)17(3)12(2)11-13-8-6-7-9-14(13)19-4/h1,6-9,12H,10-11H2,2-4H3,(H,16,18). The number of hydrogen-bond donors (Lipinski definition) is 1. The number of terminal acetylenes is 1. The third-order valence-corrected chi connectivity index (χ3v) is 3.03. The Kier molecular flexibility index (Phi) is 5.74. The molecule has 0 saturated heterocycles. The normalized spacial score (nSPS) is 11.3. The molecule has 0 saturated carbocycles. The molecule has 4 nitrogen and oxygen atoms in total. The zero-order chi connectivity index (χ0) is 14.3. The predicted octanol–water partition coefficient (Wildman–Crippen LogP) is 1.90. The predicted molar refractivity (Wildman–Crippen MR) is 76.2 cm³/mol. The number of para-hydroxylation sites is 1. The summed E-state index contributed by atoms with van der Waals surface area (Å²) in [4.78, 5) is 13.4. The van der Waals surface area contributed by atoms with Crippen molar-refractivity contribution < 1.29 is 9.53 Å². The minimum absolute atomic E-state index is 0.0501. The monoisotopic (exact) mass is 260 g/mol. The molecular weight excluding hydrogens is 240 g/mol. The number of nitrogens with zero attached hydrogens (tertiary/aromatic N) is 1. The van der Waals surface area contributed by atoms with Gasteiger partial charge in [0.1, 0.15) is 5.75 Å². The van der Waals surface area contributed by atoms with Gasteiger partial charge in [0.15, 0.2) is 0 Å². The average Bonchev–Trinajstić information content (AvgIpc) is 2.44. The van der Waals surface area contributed by atoms with Gasteiger partial charge in [-0.3, -0.25) is 0 Å². The van der Waals surface area contributed by atoms with E-state index in [-0.39, 0.29) is 18.6 Å². The number of carbonyl (C=O) groups excluding carboxylic acids is 1. The third kappa shape index (κ3) is 4.22. The molecule has 0 aliphatic carbocycles. The number of amides is 2. The van der Waals surface area contributed by atoms with Crippen molar-refractivity contribution in [3.63, 3.8) is 0 Å². The van der Waals surface area contributed by atoms with E-state index in [4.69, 9.17) is 11.2 Å². The number of benzene rings is 1. The van der Waals surface area contributed by atoms with E-state index >= 15 is 0 Å². The summed E-state index contributed by atoms with van der Waals surface area (Å²) in [6, 6.07) is 7.69. The first-order valence-electron chi connectivity index (χ1n) is 6.16. The first-order chi connectivity index (χ1) is 9.10. The second kappa shape index (κ2) is 7.32. The van der Waals surface area contributed by atoms with Crippen molar-refractivity contribution >= 4 is 6.03 Å². The Morgan fingerprint density at radius 1 is 1.53 bits per heavy atom. The lowest BCUT2D eigenvalue weighted by atomic mass is 10.1. The second-order valence-corrected chi connectivity index (χ2v) is 4.34. The lowest BCUT2D eigenvalue weighted by molar-refractivity contribution is 0.195. The van der Waals surface area contributed by atoms with Gasteiger partial charge in [-0.1, -0.05) is 24.1 Å². The highest BCUT2D eigenvalue weighted by Crippen LogP contribution is 2.20. The van der Waals surface area contributed by atoms with Gasteiger partial charge in [0.25, 0.3) is 0 Å². The minimum Gasteiger partial charge on any atom is -0.496 e. The molecule has 0 aliphatic heterocycles. The number of carbonyl (C=O) groups is 1. The van der Waals surface area contributed by atoms with E-state index < -0.39 is 0 Å². The lowest BCUT2D eigenvalue weighted by Crippen LogP contribution is -2.43. The first kappa shape index (κ1) is 14.9. The molecule has 0 heterocycles. The van der Waals surface area contributed by atoms with Crippen molar-refractivity contribution in [2.45, 2.75) is 19.4 Å². The van der Waals surface area contributed by atoms with E-state index in [1.807, 2.05) is 31.2 Å². The van der Waals surface area contributed by atoms with Crippen molar-refractivity contribution in [2.24, 2.45) is 0 Å². The van der Waals surface area contributed by atoms with Crippen LogP contribution in [0.5, 0.6) is 5.75 Å². The number of likely N-dealkylation sites (N-methyl/N-ethyl adjacent to an activating group) is 1. The largest absolute Gasteiger partial charge is 0.496 e. The van der Waals surface area contributed by atoms with Crippen LogP contribution >= 0.6 is 0 Å². The molecule has 1 aromatic carbocycles. The molecule has 4 heteroatoms. The maximum absolute atomic E-state index is 11.8. The van der Waals surface area contributed by atoms with E-state index in [0.717, 1.165) is 17.7 Å². The molecule has 1 atom stereocenters. The topological polar surface area (TPSA) is 41.6 Å². The van der Waals surface area contributed by atoms with Crippen LogP contribution in [0, 0.1) is 12.3 Å². The lowest BCUT2D eigenvalue weighted by Gasteiger charge is -2.25. The zero-order valence-corrected chi connectivity index (χ0v) is 11.6. The van der Waals surface area contributed by atoms with Gasteiger partial charge in [-0.15, -0.1) is 6.42 Å². The Morgan fingerprint density at radius 2 is 2.21 bits per heavy atom. The summed E-state index contributed by atoms with van der Waals surface area (Å²) in [6.07, 6.45) is 5.84. The van der Waals surface area contributed by atoms with E-state index in [9.17, 15) is 4.79 Å². The maximum Gasteiger partial charge on any atom is 0.318 e. The average molecular weight is 260 g/mol. The summed E-state index contributed by atoms with van der Waals surface area (Å²) in [5.74, 6) is 3.22. The molecule has 1 aromatic rings. The molecule has 1 unspecified atom stereocenters. The summed E-state index contributed by atoms with van der Waals surface area (Å²) < 4.78 is 5.31. The SMILES string of the molecule is C#CCNC(=O)N(C)C(C)Cc1ccccc1OC. The van der Waals surface area contributed by atoms with Crippen LogP contribution in [0.4, 0.5) is 4.79 Å².